The van der Waals surface area contributed by atoms with Gasteiger partial charge in [-0.2, -0.15) is 18.2 Å². The van der Waals surface area contributed by atoms with Crippen LogP contribution in [0.2, 0.25) is 0 Å². The van der Waals surface area contributed by atoms with Crippen molar-refractivity contribution in [2.24, 2.45) is 0 Å². The average molecular weight is 939 g/mol. The molecule has 58 heavy (non-hydrogen) atoms. The fourth-order valence-electron chi connectivity index (χ4n) is 7.58. The standard InChI is InChI=1S/C51H35N5O.Pt/c1-3-14-36(15-4-1)42-21-12-22-43(37-16-5-2-6-17-37)51(42)55-35-54(47-24-9-10-25-48(47)55)39-18-11-19-40(32-39)57-41-26-27-45-44-20-7-8-23-46(44)56(49(45)34-41)50-33-38(28-29-52-50)53-30-13-31-53;/h1-12,14-29,33H,13,30-31H2;/q-2;/i1D,2D,3D,4D,5D,6D,14D,15D,16D,17D;. The van der Waals surface area contributed by atoms with Gasteiger partial charge in [0.2, 0.25) is 0 Å². The zero-order chi connectivity index (χ0) is 46.4. The summed E-state index contributed by atoms with van der Waals surface area (Å²) in [7, 11) is 0. The monoisotopic (exact) mass is 938 g/mol. The molecule has 0 amide bonds. The molecule has 1 saturated heterocycles. The number of imidazole rings is 1. The van der Waals surface area contributed by atoms with Crippen molar-refractivity contribution in [2.45, 2.75) is 6.42 Å². The van der Waals surface area contributed by atoms with Gasteiger partial charge in [0, 0.05) is 69.1 Å². The molecule has 1 aliphatic rings. The van der Waals surface area contributed by atoms with Crippen molar-refractivity contribution in [3.8, 4) is 50.9 Å². The first-order valence-corrected chi connectivity index (χ1v) is 18.5. The van der Waals surface area contributed by atoms with E-state index in [2.05, 4.69) is 46.1 Å². The van der Waals surface area contributed by atoms with Gasteiger partial charge in [0.05, 0.1) is 30.4 Å². The number of nitrogens with zero attached hydrogens (tertiary/aromatic N) is 5. The Morgan fingerprint density at radius 1 is 0.655 bits per heavy atom. The van der Waals surface area contributed by atoms with Crippen LogP contribution in [0.5, 0.6) is 11.5 Å². The van der Waals surface area contributed by atoms with Gasteiger partial charge in [-0.3, -0.25) is 4.57 Å². The van der Waals surface area contributed by atoms with Crippen LogP contribution in [0.15, 0.2) is 176 Å². The molecule has 0 N–H and O–H groups in total. The van der Waals surface area contributed by atoms with Crippen LogP contribution in [0.25, 0.3) is 72.3 Å². The van der Waals surface area contributed by atoms with E-state index in [9.17, 15) is 0 Å². The topological polar surface area (TPSA) is 39.1 Å². The molecule has 10 aromatic rings. The number of ether oxygens (including phenoxy) is 1. The Kier molecular flexibility index (Phi) is 6.76. The number of hydrogen-bond donors (Lipinski definition) is 0. The minimum Gasteiger partial charge on any atom is -0.510 e. The fourth-order valence-corrected chi connectivity index (χ4v) is 7.58. The maximum atomic E-state index is 8.98. The summed E-state index contributed by atoms with van der Waals surface area (Å²) in [4.78, 5) is 7.12. The first-order valence-electron chi connectivity index (χ1n) is 23.5. The van der Waals surface area contributed by atoms with Crippen molar-refractivity contribution < 1.29 is 44.1 Å². The van der Waals surface area contributed by atoms with E-state index in [1.165, 1.54) is 0 Å². The Hall–Kier alpha value is -6.75. The van der Waals surface area contributed by atoms with Crippen molar-refractivity contribution >= 4 is 38.5 Å². The number of benzene rings is 7. The normalized spacial score (nSPS) is 14.9. The van der Waals surface area contributed by atoms with Crippen LogP contribution in [-0.2, 0) is 21.1 Å². The molecule has 282 valence electrons. The van der Waals surface area contributed by atoms with Crippen molar-refractivity contribution in [3.05, 3.63) is 194 Å². The second-order valence-corrected chi connectivity index (χ2v) is 13.6. The maximum absolute atomic E-state index is 8.98. The van der Waals surface area contributed by atoms with Gasteiger partial charge in [-0.05, 0) is 51.9 Å². The number of para-hydroxylation sites is 4. The summed E-state index contributed by atoms with van der Waals surface area (Å²) in [6.45, 7) is 2.01. The molecule has 3 aromatic heterocycles. The third-order valence-electron chi connectivity index (χ3n) is 10.3. The molecule has 0 saturated carbocycles. The Morgan fingerprint density at radius 3 is 2.09 bits per heavy atom. The summed E-state index contributed by atoms with van der Waals surface area (Å²) >= 11 is 0. The molecule has 4 heterocycles. The quantitative estimate of drug-likeness (QED) is 0.113. The Labute approximate surface area is 365 Å². The maximum Gasteiger partial charge on any atom is 0.268 e. The molecule has 0 atom stereocenters. The number of pyridine rings is 1. The number of anilines is 1. The molecule has 0 aliphatic carbocycles. The number of rotatable bonds is 8. The number of hydrogen-bond acceptors (Lipinski definition) is 3. The predicted octanol–water partition coefficient (Wildman–Crippen LogP) is 11.1. The van der Waals surface area contributed by atoms with E-state index >= 15 is 0 Å². The fraction of sp³-hybridized carbons (Fsp3) is 0.0588. The van der Waals surface area contributed by atoms with E-state index in [-0.39, 0.29) is 49.0 Å². The largest absolute Gasteiger partial charge is 0.510 e. The second kappa shape index (κ2) is 15.0. The number of aromatic nitrogens is 4. The van der Waals surface area contributed by atoms with Gasteiger partial charge in [0.25, 0.3) is 6.33 Å². The Bertz CT molecular complexity index is 3560. The van der Waals surface area contributed by atoms with Crippen molar-refractivity contribution in [2.75, 3.05) is 18.0 Å². The van der Waals surface area contributed by atoms with E-state index in [1.54, 1.807) is 39.5 Å². The van der Waals surface area contributed by atoms with Gasteiger partial charge >= 0.3 is 0 Å². The molecular weight excluding hydrogens is 894 g/mol. The van der Waals surface area contributed by atoms with Gasteiger partial charge in [-0.15, -0.1) is 29.7 Å². The van der Waals surface area contributed by atoms with E-state index in [1.807, 2.05) is 66.9 Å². The molecule has 1 aliphatic heterocycles. The first kappa shape index (κ1) is 26.2. The Morgan fingerprint density at radius 2 is 1.34 bits per heavy atom. The first-order chi connectivity index (χ1) is 32.4. The smallest absolute Gasteiger partial charge is 0.268 e. The van der Waals surface area contributed by atoms with Crippen molar-refractivity contribution in [1.29, 1.82) is 0 Å². The van der Waals surface area contributed by atoms with Crippen molar-refractivity contribution in [3.63, 3.8) is 0 Å². The Balaban J connectivity index is 0.00000539. The molecule has 11 rings (SSSR count). The molecule has 0 spiro atoms. The van der Waals surface area contributed by atoms with E-state index in [4.69, 9.17) is 23.4 Å². The minimum atomic E-state index is -0.570. The van der Waals surface area contributed by atoms with Crippen LogP contribution in [0, 0.1) is 18.5 Å². The minimum absolute atomic E-state index is 0. The summed E-state index contributed by atoms with van der Waals surface area (Å²) in [5.74, 6) is 1.57. The molecule has 7 aromatic carbocycles. The summed E-state index contributed by atoms with van der Waals surface area (Å²) in [5.41, 5.74) is 4.74. The summed E-state index contributed by atoms with van der Waals surface area (Å²) in [6, 6.07) is 35.3. The molecule has 1 fully saturated rings. The van der Waals surface area contributed by atoms with Crippen LogP contribution < -0.4 is 14.2 Å². The van der Waals surface area contributed by atoms with E-state index < -0.39 is 60.4 Å². The van der Waals surface area contributed by atoms with E-state index in [0.29, 0.717) is 28.2 Å². The summed E-state index contributed by atoms with van der Waals surface area (Å²) < 4.78 is 98.7. The molecule has 0 bridgehead atoms. The van der Waals surface area contributed by atoms with Gasteiger partial charge in [0.1, 0.15) is 5.82 Å². The van der Waals surface area contributed by atoms with Crippen LogP contribution in [0.1, 0.15) is 20.1 Å². The molecule has 6 nitrogen and oxygen atoms in total. The van der Waals surface area contributed by atoms with E-state index in [0.717, 1.165) is 52.8 Å². The van der Waals surface area contributed by atoms with Crippen molar-refractivity contribution in [1.82, 2.24) is 14.1 Å². The third-order valence-corrected chi connectivity index (χ3v) is 10.3. The zero-order valence-corrected chi connectivity index (χ0v) is 32.8. The van der Waals surface area contributed by atoms with Crippen LogP contribution >= 0.6 is 0 Å². The predicted molar refractivity (Wildman–Crippen MR) is 228 cm³/mol. The van der Waals surface area contributed by atoms with Gasteiger partial charge in [-0.25, -0.2) is 4.98 Å². The second-order valence-electron chi connectivity index (χ2n) is 13.6. The molecule has 7 heteroatoms. The summed E-state index contributed by atoms with van der Waals surface area (Å²) in [5, 5.41) is 2.04. The average Bonchev–Trinajstić information content (AvgIpc) is 3.87. The summed E-state index contributed by atoms with van der Waals surface area (Å²) in [6.07, 6.45) is 6.39. The molecule has 0 unspecified atom stereocenters. The zero-order valence-electron chi connectivity index (χ0n) is 40.6. The van der Waals surface area contributed by atoms with Crippen LogP contribution in [0.4, 0.5) is 5.69 Å². The van der Waals surface area contributed by atoms with Crippen LogP contribution in [0.3, 0.4) is 0 Å². The third kappa shape index (κ3) is 6.18. The molecule has 0 radical (unpaired) electrons. The van der Waals surface area contributed by atoms with Gasteiger partial charge < -0.3 is 18.8 Å². The van der Waals surface area contributed by atoms with Crippen LogP contribution in [-0.4, -0.2) is 27.2 Å². The van der Waals surface area contributed by atoms with Gasteiger partial charge in [0.15, 0.2) is 0 Å². The van der Waals surface area contributed by atoms with Gasteiger partial charge in [-0.1, -0.05) is 127 Å². The molecular formula is C51H35N5OPt-2. The number of fused-ring (bicyclic) bond motifs is 4. The SMILES string of the molecule is [2H]c1c([2H])c([2H])c(-c2cccc(-c3c([2H])c([2H])c([2H])c([2H])c3[2H])c2-[n+]2[c-]n(-c3[c-]c(Oc4[c-]c5c(cc4)c4ccccc4n5-c4cc(N5CCC5)ccn4)ccc3)c3ccccc32)c([2H])c1[2H].[Pt].